The van der Waals surface area contributed by atoms with Gasteiger partial charge in [-0.15, -0.1) is 0 Å². The molecule has 1 aromatic heterocycles. The largest absolute Gasteiger partial charge is 0.490 e. The predicted octanol–water partition coefficient (Wildman–Crippen LogP) is 5.62. The molecule has 0 spiro atoms. The lowest BCUT2D eigenvalue weighted by Gasteiger charge is -2.11. The molecule has 124 valence electrons. The van der Waals surface area contributed by atoms with Gasteiger partial charge in [0.15, 0.2) is 0 Å². The number of nitrogens with two attached hydrogens (primary N) is 1. The molecule has 0 saturated carbocycles. The van der Waals surface area contributed by atoms with Gasteiger partial charge >= 0.3 is 0 Å². The molecule has 0 aliphatic heterocycles. The standard InChI is InChI=1S/C20H20BrNO2/c1-13(2)24-19-8-7-16(9-18(19)21)20-10-17(12-23-20)15-5-3-14(11-22)4-6-15/h3-10,12-13H,11,22H2,1-2H3. The second-order valence-electron chi connectivity index (χ2n) is 5.91. The van der Waals surface area contributed by atoms with Crippen molar-refractivity contribution >= 4 is 15.9 Å². The molecule has 24 heavy (non-hydrogen) atoms. The number of rotatable bonds is 5. The zero-order valence-electron chi connectivity index (χ0n) is 13.8. The molecule has 3 nitrogen and oxygen atoms in total. The number of benzene rings is 2. The van der Waals surface area contributed by atoms with Gasteiger partial charge in [0.05, 0.1) is 16.8 Å². The Morgan fingerprint density at radius 1 is 1.00 bits per heavy atom. The average Bonchev–Trinajstić information content (AvgIpc) is 3.06. The van der Waals surface area contributed by atoms with Gasteiger partial charge in [-0.05, 0) is 65.2 Å². The summed E-state index contributed by atoms with van der Waals surface area (Å²) in [4.78, 5) is 0. The molecule has 0 radical (unpaired) electrons. The fourth-order valence-electron chi connectivity index (χ4n) is 2.48. The van der Waals surface area contributed by atoms with Crippen molar-refractivity contribution in [3.05, 3.63) is 64.8 Å². The van der Waals surface area contributed by atoms with Gasteiger partial charge in [-0.3, -0.25) is 0 Å². The van der Waals surface area contributed by atoms with Crippen LogP contribution < -0.4 is 10.5 Å². The maximum absolute atomic E-state index is 5.75. The third-order valence-electron chi connectivity index (χ3n) is 3.70. The van der Waals surface area contributed by atoms with E-state index < -0.39 is 0 Å². The first kappa shape index (κ1) is 16.8. The Labute approximate surface area is 150 Å². The summed E-state index contributed by atoms with van der Waals surface area (Å²) in [7, 11) is 0. The molecule has 0 bridgehead atoms. The molecule has 0 atom stereocenters. The minimum atomic E-state index is 0.138. The van der Waals surface area contributed by atoms with Crippen LogP contribution >= 0.6 is 15.9 Å². The van der Waals surface area contributed by atoms with Crippen molar-refractivity contribution < 1.29 is 9.15 Å². The van der Waals surface area contributed by atoms with Crippen molar-refractivity contribution in [3.8, 4) is 28.2 Å². The van der Waals surface area contributed by atoms with Gasteiger partial charge in [0.1, 0.15) is 11.5 Å². The minimum Gasteiger partial charge on any atom is -0.490 e. The Morgan fingerprint density at radius 3 is 2.33 bits per heavy atom. The first-order valence-electron chi connectivity index (χ1n) is 7.91. The minimum absolute atomic E-state index is 0.138. The Hall–Kier alpha value is -2.04. The number of ether oxygens (including phenoxy) is 1. The second kappa shape index (κ2) is 7.24. The van der Waals surface area contributed by atoms with Crippen molar-refractivity contribution in [1.82, 2.24) is 0 Å². The van der Waals surface area contributed by atoms with Crippen molar-refractivity contribution in [2.75, 3.05) is 0 Å². The molecule has 3 aromatic rings. The number of hydrogen-bond acceptors (Lipinski definition) is 3. The average molecular weight is 386 g/mol. The van der Waals surface area contributed by atoms with E-state index in [1.807, 2.05) is 50.2 Å². The van der Waals surface area contributed by atoms with Gasteiger partial charge in [0, 0.05) is 17.7 Å². The fourth-order valence-corrected chi connectivity index (χ4v) is 2.95. The molecule has 0 aliphatic carbocycles. The normalized spacial score (nSPS) is 11.0. The predicted molar refractivity (Wildman–Crippen MR) is 101 cm³/mol. The quantitative estimate of drug-likeness (QED) is 0.619. The zero-order chi connectivity index (χ0) is 17.1. The molecule has 0 saturated heterocycles. The first-order valence-corrected chi connectivity index (χ1v) is 8.70. The summed E-state index contributed by atoms with van der Waals surface area (Å²) in [6.45, 7) is 4.57. The van der Waals surface area contributed by atoms with Gasteiger partial charge in [0.2, 0.25) is 0 Å². The molecule has 2 N–H and O–H groups in total. The SMILES string of the molecule is CC(C)Oc1ccc(-c2cc(-c3ccc(CN)cc3)co2)cc1Br. The second-order valence-corrected chi connectivity index (χ2v) is 6.77. The topological polar surface area (TPSA) is 48.4 Å². The van der Waals surface area contributed by atoms with Crippen LogP contribution in [0.25, 0.3) is 22.5 Å². The van der Waals surface area contributed by atoms with Crippen LogP contribution in [-0.2, 0) is 6.54 Å². The molecule has 0 amide bonds. The molecule has 0 fully saturated rings. The lowest BCUT2D eigenvalue weighted by Crippen LogP contribution is -2.05. The smallest absolute Gasteiger partial charge is 0.134 e. The molecule has 0 unspecified atom stereocenters. The molecular formula is C20H20BrNO2. The van der Waals surface area contributed by atoms with Crippen molar-refractivity contribution in [2.45, 2.75) is 26.5 Å². The highest BCUT2D eigenvalue weighted by Gasteiger charge is 2.10. The molecule has 2 aromatic carbocycles. The van der Waals surface area contributed by atoms with Gasteiger partial charge in [-0.25, -0.2) is 0 Å². The van der Waals surface area contributed by atoms with E-state index in [0.717, 1.165) is 38.2 Å². The van der Waals surface area contributed by atoms with E-state index in [2.05, 4.69) is 28.1 Å². The van der Waals surface area contributed by atoms with Crippen LogP contribution in [0, 0.1) is 0 Å². The van der Waals surface area contributed by atoms with Crippen molar-refractivity contribution in [1.29, 1.82) is 0 Å². The van der Waals surface area contributed by atoms with E-state index in [1.54, 1.807) is 6.26 Å². The van der Waals surface area contributed by atoms with Crippen LogP contribution in [-0.4, -0.2) is 6.10 Å². The molecule has 1 heterocycles. The summed E-state index contributed by atoms with van der Waals surface area (Å²) in [5.41, 5.74) is 9.92. The van der Waals surface area contributed by atoms with E-state index >= 15 is 0 Å². The van der Waals surface area contributed by atoms with Crippen LogP contribution in [0.3, 0.4) is 0 Å². The third kappa shape index (κ3) is 3.71. The van der Waals surface area contributed by atoms with Crippen LogP contribution in [0.15, 0.2) is 63.7 Å². The molecule has 4 heteroatoms. The van der Waals surface area contributed by atoms with Gasteiger partial charge < -0.3 is 14.9 Å². The summed E-state index contributed by atoms with van der Waals surface area (Å²) in [6, 6.07) is 16.2. The Morgan fingerprint density at radius 2 is 1.71 bits per heavy atom. The summed E-state index contributed by atoms with van der Waals surface area (Å²) in [5, 5.41) is 0. The van der Waals surface area contributed by atoms with Crippen molar-refractivity contribution in [2.24, 2.45) is 5.73 Å². The maximum atomic E-state index is 5.75. The van der Waals surface area contributed by atoms with Crippen LogP contribution in [0.2, 0.25) is 0 Å². The Bertz CT molecular complexity index is 822. The van der Waals surface area contributed by atoms with Gasteiger partial charge in [-0.2, -0.15) is 0 Å². The van der Waals surface area contributed by atoms with E-state index in [1.165, 1.54) is 0 Å². The zero-order valence-corrected chi connectivity index (χ0v) is 15.3. The lowest BCUT2D eigenvalue weighted by atomic mass is 10.1. The highest BCUT2D eigenvalue weighted by molar-refractivity contribution is 9.10. The summed E-state index contributed by atoms with van der Waals surface area (Å²) < 4.78 is 12.4. The number of furan rings is 1. The van der Waals surface area contributed by atoms with E-state index in [4.69, 9.17) is 14.9 Å². The third-order valence-corrected chi connectivity index (χ3v) is 4.32. The fraction of sp³-hybridized carbons (Fsp3) is 0.200. The lowest BCUT2D eigenvalue weighted by molar-refractivity contribution is 0.241. The molecule has 0 aliphatic rings. The van der Waals surface area contributed by atoms with E-state index in [9.17, 15) is 0 Å². The monoisotopic (exact) mass is 385 g/mol. The summed E-state index contributed by atoms with van der Waals surface area (Å²) in [5.74, 6) is 1.66. The van der Waals surface area contributed by atoms with Gasteiger partial charge in [0.25, 0.3) is 0 Å². The van der Waals surface area contributed by atoms with E-state index in [0.29, 0.717) is 6.54 Å². The highest BCUT2D eigenvalue weighted by Crippen LogP contribution is 2.34. The highest BCUT2D eigenvalue weighted by atomic mass is 79.9. The Balaban J connectivity index is 1.85. The van der Waals surface area contributed by atoms with E-state index in [-0.39, 0.29) is 6.10 Å². The van der Waals surface area contributed by atoms with Crippen LogP contribution in [0.4, 0.5) is 0 Å². The summed E-state index contributed by atoms with van der Waals surface area (Å²) in [6.07, 6.45) is 1.91. The summed E-state index contributed by atoms with van der Waals surface area (Å²) >= 11 is 3.56. The van der Waals surface area contributed by atoms with Crippen LogP contribution in [0.5, 0.6) is 5.75 Å². The first-order chi connectivity index (χ1) is 11.6. The Kier molecular flexibility index (Phi) is 5.07. The van der Waals surface area contributed by atoms with Gasteiger partial charge in [-0.1, -0.05) is 24.3 Å². The number of halogens is 1. The molecular weight excluding hydrogens is 366 g/mol. The van der Waals surface area contributed by atoms with Crippen LogP contribution in [0.1, 0.15) is 19.4 Å². The maximum Gasteiger partial charge on any atom is 0.134 e. The van der Waals surface area contributed by atoms with Crippen molar-refractivity contribution in [3.63, 3.8) is 0 Å². The number of hydrogen-bond donors (Lipinski definition) is 1. The molecule has 3 rings (SSSR count).